The minimum Gasteiger partial charge on any atom is -0.363 e. The number of fused-ring (bicyclic) bond motifs is 3. The van der Waals surface area contributed by atoms with E-state index in [9.17, 15) is 4.79 Å². The van der Waals surface area contributed by atoms with Crippen molar-refractivity contribution in [2.24, 2.45) is 9.98 Å². The fraction of sp³-hybridized carbons (Fsp3) is 0.348. The van der Waals surface area contributed by atoms with Crippen molar-refractivity contribution in [3.63, 3.8) is 0 Å². The van der Waals surface area contributed by atoms with E-state index < -0.39 is 0 Å². The summed E-state index contributed by atoms with van der Waals surface area (Å²) in [4.78, 5) is 29.7. The van der Waals surface area contributed by atoms with Crippen LogP contribution in [0, 0.1) is 0 Å². The molecular formula is C23H25N5O. The molecule has 3 aromatic rings. The first-order valence-electron chi connectivity index (χ1n) is 10.3. The fourth-order valence-electron chi connectivity index (χ4n) is 4.32. The third-order valence-electron chi connectivity index (χ3n) is 5.97. The molecule has 2 fully saturated rings. The average molecular weight is 387 g/mol. The predicted octanol–water partition coefficient (Wildman–Crippen LogP) is 4.19. The van der Waals surface area contributed by atoms with Crippen LogP contribution in [-0.4, -0.2) is 53.6 Å². The highest BCUT2D eigenvalue weighted by Crippen LogP contribution is 2.29. The molecule has 0 spiro atoms. The number of nitrogens with zero attached hydrogens (tertiary/aromatic N) is 4. The molecule has 0 saturated carbocycles. The van der Waals surface area contributed by atoms with Crippen molar-refractivity contribution < 1.29 is 0 Å². The van der Waals surface area contributed by atoms with E-state index in [1.54, 1.807) is 0 Å². The van der Waals surface area contributed by atoms with E-state index in [2.05, 4.69) is 34.9 Å². The Hall–Kier alpha value is -3.15. The summed E-state index contributed by atoms with van der Waals surface area (Å²) in [5.74, 6) is 2.19. The molecule has 2 aromatic carbocycles. The largest absolute Gasteiger partial charge is 0.363 e. The molecule has 0 bridgehead atoms. The molecule has 2 aliphatic rings. The van der Waals surface area contributed by atoms with Crippen LogP contribution in [0.4, 0.5) is 11.4 Å². The van der Waals surface area contributed by atoms with Gasteiger partial charge < -0.3 is 14.8 Å². The highest BCUT2D eigenvalue weighted by atomic mass is 16.1. The molecule has 148 valence electrons. The van der Waals surface area contributed by atoms with Gasteiger partial charge in [0.05, 0.1) is 16.9 Å². The van der Waals surface area contributed by atoms with Crippen molar-refractivity contribution in [3.8, 4) is 0 Å². The van der Waals surface area contributed by atoms with E-state index in [1.165, 1.54) is 0 Å². The Morgan fingerprint density at radius 1 is 0.793 bits per heavy atom. The van der Waals surface area contributed by atoms with Crippen LogP contribution in [0.3, 0.4) is 0 Å². The molecular weight excluding hydrogens is 362 g/mol. The number of H-pyrrole nitrogens is 1. The second-order valence-electron chi connectivity index (χ2n) is 8.02. The first-order valence-corrected chi connectivity index (χ1v) is 10.3. The number of nitrogens with one attached hydrogen (secondary N) is 1. The summed E-state index contributed by atoms with van der Waals surface area (Å²) in [6.45, 7) is 2.09. The van der Waals surface area contributed by atoms with Gasteiger partial charge >= 0.3 is 0 Å². The summed E-state index contributed by atoms with van der Waals surface area (Å²) in [7, 11) is 4.14. The minimum absolute atomic E-state index is 0.0860. The van der Waals surface area contributed by atoms with E-state index in [0.717, 1.165) is 78.1 Å². The number of aromatic amines is 1. The molecule has 0 amide bonds. The lowest BCUT2D eigenvalue weighted by Gasteiger charge is -2.12. The van der Waals surface area contributed by atoms with Gasteiger partial charge in [-0.25, -0.2) is 9.98 Å². The van der Waals surface area contributed by atoms with Gasteiger partial charge in [-0.15, -0.1) is 0 Å². The van der Waals surface area contributed by atoms with Gasteiger partial charge in [0, 0.05) is 50.8 Å². The maximum Gasteiger partial charge on any atom is 0.256 e. The summed E-state index contributed by atoms with van der Waals surface area (Å²) in [6, 6.07) is 12.0. The lowest BCUT2D eigenvalue weighted by Crippen LogP contribution is -2.18. The van der Waals surface area contributed by atoms with Gasteiger partial charge in [0.1, 0.15) is 11.7 Å². The van der Waals surface area contributed by atoms with E-state index in [-0.39, 0.29) is 5.56 Å². The molecule has 2 aliphatic heterocycles. The van der Waals surface area contributed by atoms with Gasteiger partial charge in [-0.2, -0.15) is 0 Å². The second kappa shape index (κ2) is 7.03. The molecule has 29 heavy (non-hydrogen) atoms. The molecule has 0 radical (unpaired) electrons. The van der Waals surface area contributed by atoms with Crippen LogP contribution >= 0.6 is 0 Å². The number of aliphatic imine (C=N–C) groups is 2. The molecule has 2 saturated heterocycles. The van der Waals surface area contributed by atoms with Crippen molar-refractivity contribution in [2.75, 3.05) is 27.2 Å². The predicted molar refractivity (Wildman–Crippen MR) is 120 cm³/mol. The lowest BCUT2D eigenvalue weighted by atomic mass is 10.1. The molecule has 5 rings (SSSR count). The first kappa shape index (κ1) is 17.9. The highest BCUT2D eigenvalue weighted by molar-refractivity contribution is 6.07. The second-order valence-corrected chi connectivity index (χ2v) is 8.02. The molecule has 0 atom stereocenters. The van der Waals surface area contributed by atoms with Crippen molar-refractivity contribution in [1.29, 1.82) is 0 Å². The molecule has 1 N–H and O–H groups in total. The summed E-state index contributed by atoms with van der Waals surface area (Å²) < 4.78 is 0. The Labute approximate surface area is 169 Å². The Kier molecular flexibility index (Phi) is 4.34. The van der Waals surface area contributed by atoms with Gasteiger partial charge in [-0.1, -0.05) is 12.1 Å². The summed E-state index contributed by atoms with van der Waals surface area (Å²) in [5, 5.41) is 2.65. The molecule has 1 aromatic heterocycles. The SMILES string of the molecule is CN1CCCC1=Nc1ccc2c(c1)[nH]c(=O)c1cc(N=C3CCCN3C)ccc12. The number of likely N-dealkylation sites (tertiary alicyclic amines) is 2. The average Bonchev–Trinajstić information content (AvgIpc) is 3.30. The van der Waals surface area contributed by atoms with Gasteiger partial charge in [0.15, 0.2) is 0 Å². The number of pyridine rings is 1. The van der Waals surface area contributed by atoms with Crippen LogP contribution in [0.15, 0.2) is 51.2 Å². The van der Waals surface area contributed by atoms with Crippen LogP contribution in [0.1, 0.15) is 25.7 Å². The summed E-state index contributed by atoms with van der Waals surface area (Å²) >= 11 is 0. The number of aromatic nitrogens is 1. The van der Waals surface area contributed by atoms with Crippen molar-refractivity contribution in [1.82, 2.24) is 14.8 Å². The quantitative estimate of drug-likeness (QED) is 0.671. The highest BCUT2D eigenvalue weighted by Gasteiger charge is 2.15. The van der Waals surface area contributed by atoms with Crippen molar-refractivity contribution in [2.45, 2.75) is 25.7 Å². The Morgan fingerprint density at radius 3 is 1.97 bits per heavy atom. The maximum absolute atomic E-state index is 12.8. The van der Waals surface area contributed by atoms with E-state index >= 15 is 0 Å². The zero-order valence-corrected chi connectivity index (χ0v) is 16.9. The smallest absolute Gasteiger partial charge is 0.256 e. The Morgan fingerprint density at radius 2 is 1.38 bits per heavy atom. The molecule has 0 aliphatic carbocycles. The van der Waals surface area contributed by atoms with E-state index in [0.29, 0.717) is 5.39 Å². The Balaban J connectivity index is 1.59. The van der Waals surface area contributed by atoms with Gasteiger partial charge in [0.25, 0.3) is 5.56 Å². The minimum atomic E-state index is -0.0860. The summed E-state index contributed by atoms with van der Waals surface area (Å²) in [5.41, 5.74) is 2.44. The lowest BCUT2D eigenvalue weighted by molar-refractivity contribution is 0.550. The number of benzene rings is 2. The van der Waals surface area contributed by atoms with Crippen LogP contribution in [-0.2, 0) is 0 Å². The zero-order valence-electron chi connectivity index (χ0n) is 16.9. The summed E-state index contributed by atoms with van der Waals surface area (Å²) in [6.07, 6.45) is 4.27. The zero-order chi connectivity index (χ0) is 20.0. The van der Waals surface area contributed by atoms with Gasteiger partial charge in [-0.3, -0.25) is 4.79 Å². The fourth-order valence-corrected chi connectivity index (χ4v) is 4.32. The van der Waals surface area contributed by atoms with Crippen LogP contribution in [0.2, 0.25) is 0 Å². The monoisotopic (exact) mass is 387 g/mol. The van der Waals surface area contributed by atoms with Crippen molar-refractivity contribution >= 4 is 44.7 Å². The molecule has 0 unspecified atom stereocenters. The third-order valence-corrected chi connectivity index (χ3v) is 5.97. The van der Waals surface area contributed by atoms with Crippen molar-refractivity contribution in [3.05, 3.63) is 46.8 Å². The standard InChI is InChI=1S/C23H25N5O/c1-27-11-3-5-21(27)24-15-7-9-17-18-10-8-16(25-22-6-4-12-28(22)2)14-20(18)26-23(29)19(17)13-15/h7-10,13-14H,3-6,11-12H2,1-2H3,(H,26,29). The normalized spacial score (nSPS) is 20.1. The van der Waals surface area contributed by atoms with Gasteiger partial charge in [-0.05, 0) is 42.5 Å². The van der Waals surface area contributed by atoms with E-state index in [4.69, 9.17) is 9.98 Å². The molecule has 6 nitrogen and oxygen atoms in total. The van der Waals surface area contributed by atoms with E-state index in [1.807, 2.05) is 30.3 Å². The molecule has 3 heterocycles. The number of hydrogen-bond acceptors (Lipinski definition) is 3. The van der Waals surface area contributed by atoms with Crippen LogP contribution in [0.5, 0.6) is 0 Å². The number of amidine groups is 2. The number of rotatable bonds is 2. The third kappa shape index (κ3) is 3.28. The van der Waals surface area contributed by atoms with Crippen LogP contribution < -0.4 is 5.56 Å². The first-order chi connectivity index (χ1) is 14.1. The maximum atomic E-state index is 12.8. The number of hydrogen-bond donors (Lipinski definition) is 1. The van der Waals surface area contributed by atoms with Gasteiger partial charge in [0.2, 0.25) is 0 Å². The van der Waals surface area contributed by atoms with Crippen LogP contribution in [0.25, 0.3) is 21.7 Å². The Bertz CT molecular complexity index is 1220. The molecule has 6 heteroatoms. The topological polar surface area (TPSA) is 64.1 Å².